The van der Waals surface area contributed by atoms with Crippen LogP contribution in [0.3, 0.4) is 0 Å². The summed E-state index contributed by atoms with van der Waals surface area (Å²) in [7, 11) is 1.61. The van der Waals surface area contributed by atoms with Gasteiger partial charge in [0.25, 0.3) is 0 Å². The first-order chi connectivity index (χ1) is 13.7. The van der Waals surface area contributed by atoms with Crippen LogP contribution in [-0.4, -0.2) is 18.6 Å². The second-order valence-electron chi connectivity index (χ2n) is 5.89. The Morgan fingerprint density at radius 3 is 2.39 bits per heavy atom. The number of hydrogen-bond donors (Lipinski definition) is 0. The minimum atomic E-state index is -0.669. The zero-order valence-electron chi connectivity index (χ0n) is 15.3. The molecule has 0 aliphatic carbocycles. The maximum atomic E-state index is 14.3. The van der Waals surface area contributed by atoms with E-state index in [1.165, 1.54) is 23.9 Å². The summed E-state index contributed by atoms with van der Waals surface area (Å²) in [6.07, 6.45) is 0. The summed E-state index contributed by atoms with van der Waals surface area (Å²) in [5.41, 5.74) is 1.57. The lowest BCUT2D eigenvalue weighted by Gasteiger charge is -2.09. The topological polar surface area (TPSA) is 30.8 Å². The minimum Gasteiger partial charge on any atom is -0.497 e. The molecule has 0 aliphatic rings. The summed E-state index contributed by atoms with van der Waals surface area (Å²) in [6, 6.07) is 20.5. The quantitative estimate of drug-likeness (QED) is 0.277. The van der Waals surface area contributed by atoms with Gasteiger partial charge in [0.15, 0.2) is 0 Å². The molecule has 0 saturated heterocycles. The van der Waals surface area contributed by atoms with E-state index in [0.29, 0.717) is 11.5 Å². The number of methoxy groups -OCH3 is 1. The molecular formula is C22H19F2NO2S. The van der Waals surface area contributed by atoms with E-state index in [0.717, 1.165) is 22.3 Å². The number of hydrogen-bond acceptors (Lipinski definition) is 4. The highest BCUT2D eigenvalue weighted by Gasteiger charge is 2.13. The van der Waals surface area contributed by atoms with Gasteiger partial charge in [0.1, 0.15) is 29.7 Å². The highest BCUT2D eigenvalue weighted by atomic mass is 32.2. The van der Waals surface area contributed by atoms with Gasteiger partial charge in [-0.1, -0.05) is 35.5 Å². The molecule has 0 radical (unpaired) electrons. The van der Waals surface area contributed by atoms with Crippen molar-refractivity contribution in [3.05, 3.63) is 95.6 Å². The summed E-state index contributed by atoms with van der Waals surface area (Å²) < 4.78 is 32.7. The molecule has 0 heterocycles. The standard InChI is InChI=1S/C22H19F2NO2S/c1-26-18-8-10-19(11-9-18)28-15-22(20-12-7-17(23)13-21(20)24)25-27-14-16-5-3-2-4-6-16/h2-13H,14-15H2,1H3. The van der Waals surface area contributed by atoms with Gasteiger partial charge in [0, 0.05) is 22.3 Å². The van der Waals surface area contributed by atoms with Crippen molar-refractivity contribution in [2.75, 3.05) is 12.9 Å². The molecule has 0 N–H and O–H groups in total. The van der Waals surface area contributed by atoms with E-state index in [-0.39, 0.29) is 12.2 Å². The van der Waals surface area contributed by atoms with Gasteiger partial charge < -0.3 is 9.57 Å². The Hall–Kier alpha value is -2.86. The number of nitrogens with zero attached hydrogens (tertiary/aromatic N) is 1. The number of ether oxygens (including phenoxy) is 1. The number of thioether (sulfide) groups is 1. The van der Waals surface area contributed by atoms with Crippen molar-refractivity contribution in [3.8, 4) is 5.75 Å². The van der Waals surface area contributed by atoms with Crippen LogP contribution < -0.4 is 4.74 Å². The minimum absolute atomic E-state index is 0.218. The number of benzene rings is 3. The van der Waals surface area contributed by atoms with Crippen LogP contribution in [0.15, 0.2) is 82.8 Å². The summed E-state index contributed by atoms with van der Waals surface area (Å²) in [5.74, 6) is -0.177. The van der Waals surface area contributed by atoms with Crippen LogP contribution in [0.1, 0.15) is 11.1 Å². The first kappa shape index (κ1) is 19.9. The van der Waals surface area contributed by atoms with Gasteiger partial charge in [0.2, 0.25) is 0 Å². The van der Waals surface area contributed by atoms with Crippen LogP contribution in [0.2, 0.25) is 0 Å². The fraction of sp³-hybridized carbons (Fsp3) is 0.136. The summed E-state index contributed by atoms with van der Waals surface area (Å²) in [6.45, 7) is 0.264. The second-order valence-corrected chi connectivity index (χ2v) is 6.93. The van der Waals surface area contributed by atoms with E-state index >= 15 is 0 Å². The van der Waals surface area contributed by atoms with Gasteiger partial charge in [0.05, 0.1) is 7.11 Å². The maximum absolute atomic E-state index is 14.3. The molecule has 0 saturated carbocycles. The molecule has 0 aliphatic heterocycles. The zero-order valence-corrected chi connectivity index (χ0v) is 16.1. The molecule has 0 atom stereocenters. The van der Waals surface area contributed by atoms with Gasteiger partial charge in [-0.05, 0) is 42.0 Å². The number of rotatable bonds is 8. The van der Waals surface area contributed by atoms with Gasteiger partial charge in [-0.2, -0.15) is 0 Å². The van der Waals surface area contributed by atoms with Crippen LogP contribution in [0, 0.1) is 11.6 Å². The molecule has 0 spiro atoms. The van der Waals surface area contributed by atoms with Crippen molar-refractivity contribution in [1.82, 2.24) is 0 Å². The highest BCUT2D eigenvalue weighted by molar-refractivity contribution is 8.00. The Bertz CT molecular complexity index is 931. The van der Waals surface area contributed by atoms with Gasteiger partial charge >= 0.3 is 0 Å². The SMILES string of the molecule is COc1ccc(SCC(=NOCc2ccccc2)c2ccc(F)cc2F)cc1. The maximum Gasteiger partial charge on any atom is 0.142 e. The lowest BCUT2D eigenvalue weighted by Crippen LogP contribution is -2.09. The summed E-state index contributed by atoms with van der Waals surface area (Å²) in [4.78, 5) is 6.41. The largest absolute Gasteiger partial charge is 0.497 e. The van der Waals surface area contributed by atoms with Crippen LogP contribution in [-0.2, 0) is 11.4 Å². The Kier molecular flexibility index (Phi) is 7.03. The first-order valence-corrected chi connectivity index (χ1v) is 9.59. The predicted molar refractivity (Wildman–Crippen MR) is 108 cm³/mol. The third-order valence-corrected chi connectivity index (χ3v) is 4.95. The van der Waals surface area contributed by atoms with Crippen molar-refractivity contribution in [2.24, 2.45) is 5.16 Å². The highest BCUT2D eigenvalue weighted by Crippen LogP contribution is 2.23. The van der Waals surface area contributed by atoms with E-state index < -0.39 is 11.6 Å². The Morgan fingerprint density at radius 2 is 1.71 bits per heavy atom. The first-order valence-electron chi connectivity index (χ1n) is 8.61. The van der Waals surface area contributed by atoms with Crippen LogP contribution >= 0.6 is 11.8 Å². The third-order valence-electron chi connectivity index (χ3n) is 3.93. The van der Waals surface area contributed by atoms with Crippen molar-refractivity contribution in [3.63, 3.8) is 0 Å². The molecular weight excluding hydrogens is 380 g/mol. The average molecular weight is 399 g/mol. The van der Waals surface area contributed by atoms with Crippen LogP contribution in [0.4, 0.5) is 8.78 Å². The Balaban J connectivity index is 1.75. The van der Waals surface area contributed by atoms with Gasteiger partial charge in [-0.3, -0.25) is 0 Å². The van der Waals surface area contributed by atoms with E-state index in [2.05, 4.69) is 5.16 Å². The molecule has 6 heteroatoms. The normalized spacial score (nSPS) is 11.3. The van der Waals surface area contributed by atoms with Gasteiger partial charge in [-0.15, -0.1) is 11.8 Å². The average Bonchev–Trinajstić information content (AvgIpc) is 2.72. The Morgan fingerprint density at radius 1 is 0.964 bits per heavy atom. The molecule has 144 valence electrons. The second kappa shape index (κ2) is 9.90. The molecule has 0 amide bonds. The lowest BCUT2D eigenvalue weighted by atomic mass is 10.1. The van der Waals surface area contributed by atoms with Gasteiger partial charge in [-0.25, -0.2) is 8.78 Å². The molecule has 3 aromatic carbocycles. The monoisotopic (exact) mass is 399 g/mol. The van der Waals surface area contributed by atoms with E-state index in [4.69, 9.17) is 9.57 Å². The fourth-order valence-electron chi connectivity index (χ4n) is 2.46. The van der Waals surface area contributed by atoms with Crippen molar-refractivity contribution >= 4 is 17.5 Å². The van der Waals surface area contributed by atoms with Crippen molar-refractivity contribution in [2.45, 2.75) is 11.5 Å². The van der Waals surface area contributed by atoms with E-state index in [1.54, 1.807) is 7.11 Å². The summed E-state index contributed by atoms with van der Waals surface area (Å²) >= 11 is 1.47. The predicted octanol–water partition coefficient (Wildman–Crippen LogP) is 5.69. The van der Waals surface area contributed by atoms with Crippen LogP contribution in [0.25, 0.3) is 0 Å². The summed E-state index contributed by atoms with van der Waals surface area (Å²) in [5, 5.41) is 4.14. The van der Waals surface area contributed by atoms with E-state index in [9.17, 15) is 8.78 Å². The van der Waals surface area contributed by atoms with Crippen LogP contribution in [0.5, 0.6) is 5.75 Å². The molecule has 0 bridgehead atoms. The smallest absolute Gasteiger partial charge is 0.142 e. The molecule has 0 unspecified atom stereocenters. The third kappa shape index (κ3) is 5.57. The number of halogens is 2. The fourth-order valence-corrected chi connectivity index (χ4v) is 3.30. The van der Waals surface area contributed by atoms with Crippen molar-refractivity contribution < 1.29 is 18.4 Å². The molecule has 0 fully saturated rings. The molecule has 28 heavy (non-hydrogen) atoms. The molecule has 3 aromatic rings. The molecule has 3 nitrogen and oxygen atoms in total. The Labute approximate surface area is 167 Å². The molecule has 0 aromatic heterocycles. The molecule has 3 rings (SSSR count). The van der Waals surface area contributed by atoms with E-state index in [1.807, 2.05) is 54.6 Å². The lowest BCUT2D eigenvalue weighted by molar-refractivity contribution is 0.130. The van der Waals surface area contributed by atoms with Crippen molar-refractivity contribution in [1.29, 1.82) is 0 Å². The zero-order chi connectivity index (χ0) is 19.8. The number of oxime groups is 1.